The summed E-state index contributed by atoms with van der Waals surface area (Å²) in [5.74, 6) is 1.38. The fraction of sp³-hybridized carbons (Fsp3) is 0.538. The highest BCUT2D eigenvalue weighted by molar-refractivity contribution is 5.32. The van der Waals surface area contributed by atoms with Gasteiger partial charge in [0, 0.05) is 25.0 Å². The third-order valence-corrected chi connectivity index (χ3v) is 2.76. The number of aliphatic hydroxyl groups is 1. The van der Waals surface area contributed by atoms with Crippen molar-refractivity contribution >= 4 is 5.82 Å². The SMILES string of the molecule is CC(C)Cn1nccc1CNc1ccn(CCO)n1. The molecule has 0 aromatic carbocycles. The van der Waals surface area contributed by atoms with Crippen molar-refractivity contribution in [2.75, 3.05) is 11.9 Å². The zero-order valence-corrected chi connectivity index (χ0v) is 11.5. The lowest BCUT2D eigenvalue weighted by molar-refractivity contribution is 0.269. The number of aliphatic hydroxyl groups excluding tert-OH is 1. The van der Waals surface area contributed by atoms with Gasteiger partial charge in [0.2, 0.25) is 0 Å². The first kappa shape index (κ1) is 13.6. The van der Waals surface area contributed by atoms with Crippen LogP contribution < -0.4 is 5.32 Å². The number of hydrogen-bond donors (Lipinski definition) is 2. The topological polar surface area (TPSA) is 67.9 Å². The second-order valence-electron chi connectivity index (χ2n) is 4.94. The zero-order chi connectivity index (χ0) is 13.7. The van der Waals surface area contributed by atoms with Crippen LogP contribution in [0, 0.1) is 5.92 Å². The molecule has 0 atom stereocenters. The lowest BCUT2D eigenvalue weighted by atomic mass is 10.2. The molecule has 0 saturated heterocycles. The standard InChI is InChI=1S/C13H21N5O/c1-11(2)10-18-12(3-5-15-18)9-14-13-4-6-17(16-13)7-8-19/h3-6,11,19H,7-10H2,1-2H3,(H,14,16). The van der Waals surface area contributed by atoms with E-state index in [-0.39, 0.29) is 6.61 Å². The van der Waals surface area contributed by atoms with Crippen LogP contribution in [0.25, 0.3) is 0 Å². The van der Waals surface area contributed by atoms with Gasteiger partial charge < -0.3 is 10.4 Å². The van der Waals surface area contributed by atoms with Crippen LogP contribution in [0.4, 0.5) is 5.82 Å². The molecule has 0 spiro atoms. The van der Waals surface area contributed by atoms with Gasteiger partial charge in [0.15, 0.2) is 0 Å². The maximum Gasteiger partial charge on any atom is 0.148 e. The van der Waals surface area contributed by atoms with Crippen molar-refractivity contribution in [3.63, 3.8) is 0 Å². The Morgan fingerprint density at radius 3 is 2.95 bits per heavy atom. The first-order valence-electron chi connectivity index (χ1n) is 6.58. The van der Waals surface area contributed by atoms with Crippen LogP contribution in [0.15, 0.2) is 24.5 Å². The van der Waals surface area contributed by atoms with Gasteiger partial charge in [-0.25, -0.2) is 0 Å². The number of rotatable bonds is 7. The minimum atomic E-state index is 0.0995. The lowest BCUT2D eigenvalue weighted by Gasteiger charge is -2.10. The number of nitrogens with one attached hydrogen (secondary N) is 1. The summed E-state index contributed by atoms with van der Waals surface area (Å²) in [6, 6.07) is 3.92. The molecule has 0 fully saturated rings. The number of hydrogen-bond acceptors (Lipinski definition) is 4. The van der Waals surface area contributed by atoms with Crippen molar-refractivity contribution in [3.05, 3.63) is 30.2 Å². The molecule has 2 aromatic rings. The maximum absolute atomic E-state index is 8.84. The van der Waals surface area contributed by atoms with Crippen LogP contribution in [0.3, 0.4) is 0 Å². The van der Waals surface area contributed by atoms with E-state index >= 15 is 0 Å². The van der Waals surface area contributed by atoms with Gasteiger partial charge in [-0.05, 0) is 12.0 Å². The smallest absolute Gasteiger partial charge is 0.148 e. The Balaban J connectivity index is 1.92. The van der Waals surface area contributed by atoms with Crippen LogP contribution in [0.5, 0.6) is 0 Å². The van der Waals surface area contributed by atoms with Crippen LogP contribution in [-0.4, -0.2) is 31.3 Å². The van der Waals surface area contributed by atoms with Gasteiger partial charge in [0.05, 0.1) is 25.4 Å². The predicted molar refractivity (Wildman–Crippen MR) is 73.7 cm³/mol. The van der Waals surface area contributed by atoms with E-state index in [1.807, 2.05) is 29.2 Å². The van der Waals surface area contributed by atoms with Crippen LogP contribution in [-0.2, 0) is 19.6 Å². The average Bonchev–Trinajstić information content (AvgIpc) is 2.96. The average molecular weight is 263 g/mol. The highest BCUT2D eigenvalue weighted by atomic mass is 16.3. The van der Waals surface area contributed by atoms with Gasteiger partial charge in [0.1, 0.15) is 5.82 Å². The minimum absolute atomic E-state index is 0.0995. The molecule has 0 unspecified atom stereocenters. The second-order valence-corrected chi connectivity index (χ2v) is 4.94. The molecule has 0 radical (unpaired) electrons. The Bertz CT molecular complexity index is 503. The molecule has 6 nitrogen and oxygen atoms in total. The van der Waals surface area contributed by atoms with Crippen molar-refractivity contribution in [2.45, 2.75) is 33.5 Å². The van der Waals surface area contributed by atoms with Crippen molar-refractivity contribution in [1.82, 2.24) is 19.6 Å². The van der Waals surface area contributed by atoms with E-state index in [1.54, 1.807) is 4.68 Å². The van der Waals surface area contributed by atoms with Gasteiger partial charge in [-0.15, -0.1) is 0 Å². The molecule has 104 valence electrons. The predicted octanol–water partition coefficient (Wildman–Crippen LogP) is 1.34. The number of anilines is 1. The first-order valence-corrected chi connectivity index (χ1v) is 6.58. The molecule has 0 aliphatic heterocycles. The Labute approximate surface area is 113 Å². The Morgan fingerprint density at radius 1 is 1.37 bits per heavy atom. The zero-order valence-electron chi connectivity index (χ0n) is 11.5. The quantitative estimate of drug-likeness (QED) is 0.791. The molecular formula is C13H21N5O. The third-order valence-electron chi connectivity index (χ3n) is 2.76. The van der Waals surface area contributed by atoms with Crippen LogP contribution in [0.2, 0.25) is 0 Å². The van der Waals surface area contributed by atoms with Crippen LogP contribution >= 0.6 is 0 Å². The summed E-state index contributed by atoms with van der Waals surface area (Å²) in [5.41, 5.74) is 1.14. The van der Waals surface area contributed by atoms with E-state index in [4.69, 9.17) is 5.11 Å². The molecule has 2 aromatic heterocycles. The Morgan fingerprint density at radius 2 is 2.21 bits per heavy atom. The molecule has 2 rings (SSSR count). The molecule has 0 saturated carbocycles. The molecule has 0 bridgehead atoms. The monoisotopic (exact) mass is 263 g/mol. The van der Waals surface area contributed by atoms with E-state index in [9.17, 15) is 0 Å². The molecule has 6 heteroatoms. The fourth-order valence-electron chi connectivity index (χ4n) is 1.88. The number of aromatic nitrogens is 4. The van der Waals surface area contributed by atoms with Gasteiger partial charge >= 0.3 is 0 Å². The molecule has 0 aliphatic rings. The lowest BCUT2D eigenvalue weighted by Crippen LogP contribution is -2.12. The second kappa shape index (κ2) is 6.38. The molecule has 0 amide bonds. The van der Waals surface area contributed by atoms with Gasteiger partial charge in [-0.2, -0.15) is 10.2 Å². The fourth-order valence-corrected chi connectivity index (χ4v) is 1.88. The van der Waals surface area contributed by atoms with E-state index in [0.717, 1.165) is 18.1 Å². The summed E-state index contributed by atoms with van der Waals surface area (Å²) < 4.78 is 3.73. The van der Waals surface area contributed by atoms with Crippen molar-refractivity contribution in [3.8, 4) is 0 Å². The summed E-state index contributed by atoms with van der Waals surface area (Å²) in [5, 5.41) is 20.7. The van der Waals surface area contributed by atoms with Gasteiger partial charge in [-0.3, -0.25) is 9.36 Å². The summed E-state index contributed by atoms with van der Waals surface area (Å²) in [6.07, 6.45) is 3.67. The molecular weight excluding hydrogens is 242 g/mol. The Kier molecular flexibility index (Phi) is 4.57. The Hall–Kier alpha value is -1.82. The van der Waals surface area contributed by atoms with E-state index in [1.165, 1.54) is 0 Å². The van der Waals surface area contributed by atoms with Gasteiger partial charge in [0.25, 0.3) is 0 Å². The van der Waals surface area contributed by atoms with Crippen molar-refractivity contribution in [1.29, 1.82) is 0 Å². The molecule has 0 aliphatic carbocycles. The normalized spacial score (nSPS) is 11.2. The van der Waals surface area contributed by atoms with E-state index in [2.05, 4.69) is 29.4 Å². The maximum atomic E-state index is 8.84. The summed E-state index contributed by atoms with van der Waals surface area (Å²) in [7, 11) is 0. The van der Waals surface area contributed by atoms with Crippen molar-refractivity contribution < 1.29 is 5.11 Å². The molecule has 2 N–H and O–H groups in total. The van der Waals surface area contributed by atoms with E-state index < -0.39 is 0 Å². The summed E-state index contributed by atoms with van der Waals surface area (Å²) >= 11 is 0. The van der Waals surface area contributed by atoms with E-state index in [0.29, 0.717) is 19.0 Å². The molecule has 19 heavy (non-hydrogen) atoms. The molecule has 2 heterocycles. The number of nitrogens with zero attached hydrogens (tertiary/aromatic N) is 4. The largest absolute Gasteiger partial charge is 0.394 e. The third kappa shape index (κ3) is 3.82. The minimum Gasteiger partial charge on any atom is -0.394 e. The summed E-state index contributed by atoms with van der Waals surface area (Å²) in [4.78, 5) is 0. The van der Waals surface area contributed by atoms with Crippen LogP contribution in [0.1, 0.15) is 19.5 Å². The first-order chi connectivity index (χ1) is 9.19. The highest BCUT2D eigenvalue weighted by Crippen LogP contribution is 2.08. The summed E-state index contributed by atoms with van der Waals surface area (Å²) in [6.45, 7) is 6.59. The van der Waals surface area contributed by atoms with Crippen molar-refractivity contribution in [2.24, 2.45) is 5.92 Å². The van der Waals surface area contributed by atoms with Gasteiger partial charge in [-0.1, -0.05) is 13.8 Å². The highest BCUT2D eigenvalue weighted by Gasteiger charge is 2.05.